The van der Waals surface area contributed by atoms with Crippen LogP contribution in [-0.2, 0) is 6.61 Å². The van der Waals surface area contributed by atoms with Crippen LogP contribution in [0.15, 0.2) is 59.1 Å². The topological polar surface area (TPSA) is 48.2 Å². The van der Waals surface area contributed by atoms with E-state index < -0.39 is 0 Å². The minimum absolute atomic E-state index is 0.265. The van der Waals surface area contributed by atoms with E-state index in [1.54, 1.807) is 12.1 Å². The Hall–Kier alpha value is -2.33. The Balaban J connectivity index is 1.69. The van der Waals surface area contributed by atoms with Crippen LogP contribution in [0, 0.1) is 0 Å². The molecule has 0 unspecified atom stereocenters. The Kier molecular flexibility index (Phi) is 3.65. The fourth-order valence-corrected chi connectivity index (χ4v) is 1.81. The highest BCUT2D eigenvalue weighted by atomic mass is 35.5. The monoisotopic (exact) mass is 286 g/mol. The van der Waals surface area contributed by atoms with E-state index >= 15 is 0 Å². The van der Waals surface area contributed by atoms with Gasteiger partial charge in [-0.3, -0.25) is 0 Å². The lowest BCUT2D eigenvalue weighted by atomic mass is 10.2. The van der Waals surface area contributed by atoms with Gasteiger partial charge in [0.25, 0.3) is 5.89 Å². The van der Waals surface area contributed by atoms with Crippen molar-refractivity contribution in [3.8, 4) is 17.2 Å². The first-order valence-electron chi connectivity index (χ1n) is 6.07. The molecule has 0 spiro atoms. The van der Waals surface area contributed by atoms with Gasteiger partial charge in [-0.1, -0.05) is 35.0 Å². The van der Waals surface area contributed by atoms with Gasteiger partial charge in [-0.05, 0) is 36.4 Å². The number of rotatable bonds is 4. The molecule has 0 saturated heterocycles. The van der Waals surface area contributed by atoms with Gasteiger partial charge in [-0.25, -0.2) is 0 Å². The summed E-state index contributed by atoms with van der Waals surface area (Å²) in [6.07, 6.45) is 0. The van der Waals surface area contributed by atoms with Gasteiger partial charge in [-0.15, -0.1) is 0 Å². The first kappa shape index (κ1) is 12.7. The molecule has 0 bridgehead atoms. The zero-order chi connectivity index (χ0) is 13.8. The number of ether oxygens (including phenoxy) is 1. The van der Waals surface area contributed by atoms with Crippen molar-refractivity contribution in [2.75, 3.05) is 0 Å². The van der Waals surface area contributed by atoms with Gasteiger partial charge in [0.15, 0.2) is 6.61 Å². The molecule has 5 heteroatoms. The Morgan fingerprint density at radius 2 is 1.75 bits per heavy atom. The second-order valence-corrected chi connectivity index (χ2v) is 4.56. The largest absolute Gasteiger partial charge is 0.485 e. The zero-order valence-electron chi connectivity index (χ0n) is 10.5. The van der Waals surface area contributed by atoms with Crippen LogP contribution in [-0.4, -0.2) is 10.1 Å². The summed E-state index contributed by atoms with van der Waals surface area (Å²) in [5, 5.41) is 4.55. The standard InChI is InChI=1S/C15H11ClN2O2/c16-12-8-6-11(7-9-12)15-17-14(18-20-15)10-19-13-4-2-1-3-5-13/h1-9H,10H2. The van der Waals surface area contributed by atoms with Crippen molar-refractivity contribution in [3.63, 3.8) is 0 Å². The highest BCUT2D eigenvalue weighted by molar-refractivity contribution is 6.30. The summed E-state index contributed by atoms with van der Waals surface area (Å²) in [6, 6.07) is 16.7. The molecule has 1 aromatic heterocycles. The molecule has 4 nitrogen and oxygen atoms in total. The lowest BCUT2D eigenvalue weighted by Gasteiger charge is -2.01. The van der Waals surface area contributed by atoms with Gasteiger partial charge in [0.05, 0.1) is 0 Å². The second kappa shape index (κ2) is 5.75. The number of para-hydroxylation sites is 1. The molecule has 0 N–H and O–H groups in total. The van der Waals surface area contributed by atoms with Gasteiger partial charge < -0.3 is 9.26 Å². The van der Waals surface area contributed by atoms with Gasteiger partial charge in [-0.2, -0.15) is 4.98 Å². The average molecular weight is 287 g/mol. The maximum absolute atomic E-state index is 5.84. The number of halogens is 1. The lowest BCUT2D eigenvalue weighted by molar-refractivity contribution is 0.287. The molecule has 0 fully saturated rings. The smallest absolute Gasteiger partial charge is 0.258 e. The summed E-state index contributed by atoms with van der Waals surface area (Å²) in [4.78, 5) is 4.28. The van der Waals surface area contributed by atoms with E-state index in [2.05, 4.69) is 10.1 Å². The minimum Gasteiger partial charge on any atom is -0.485 e. The van der Waals surface area contributed by atoms with Crippen molar-refractivity contribution < 1.29 is 9.26 Å². The van der Waals surface area contributed by atoms with E-state index in [-0.39, 0.29) is 6.61 Å². The van der Waals surface area contributed by atoms with E-state index in [0.29, 0.717) is 16.7 Å². The highest BCUT2D eigenvalue weighted by Gasteiger charge is 2.09. The summed E-state index contributed by atoms with van der Waals surface area (Å²) >= 11 is 5.84. The van der Waals surface area contributed by atoms with Crippen LogP contribution in [0.1, 0.15) is 5.82 Å². The summed E-state index contributed by atoms with van der Waals surface area (Å²) in [6.45, 7) is 0.265. The third-order valence-corrected chi connectivity index (χ3v) is 2.92. The fourth-order valence-electron chi connectivity index (χ4n) is 1.69. The summed E-state index contributed by atoms with van der Waals surface area (Å²) in [5.41, 5.74) is 0.827. The molecule has 0 aliphatic rings. The Morgan fingerprint density at radius 3 is 2.50 bits per heavy atom. The number of benzene rings is 2. The van der Waals surface area contributed by atoms with Gasteiger partial charge >= 0.3 is 0 Å². The minimum atomic E-state index is 0.265. The Bertz CT molecular complexity index is 681. The number of aromatic nitrogens is 2. The van der Waals surface area contributed by atoms with Crippen LogP contribution in [0.5, 0.6) is 5.75 Å². The zero-order valence-corrected chi connectivity index (χ0v) is 11.2. The SMILES string of the molecule is Clc1ccc(-c2nc(COc3ccccc3)no2)cc1. The third kappa shape index (κ3) is 2.97. The molecule has 0 saturated carbocycles. The Labute approximate surface area is 121 Å². The molecule has 0 radical (unpaired) electrons. The van der Waals surface area contributed by atoms with Crippen LogP contribution in [0.4, 0.5) is 0 Å². The summed E-state index contributed by atoms with van der Waals surface area (Å²) in [5.74, 6) is 1.72. The molecule has 3 rings (SSSR count). The van der Waals surface area contributed by atoms with Crippen molar-refractivity contribution in [2.24, 2.45) is 0 Å². The Morgan fingerprint density at radius 1 is 1.00 bits per heavy atom. The first-order chi connectivity index (χ1) is 9.81. The van der Waals surface area contributed by atoms with Gasteiger partial charge in [0, 0.05) is 10.6 Å². The van der Waals surface area contributed by atoms with Crippen LogP contribution in [0.3, 0.4) is 0 Å². The number of nitrogens with zero attached hydrogens (tertiary/aromatic N) is 2. The number of hydrogen-bond donors (Lipinski definition) is 0. The molecule has 20 heavy (non-hydrogen) atoms. The quantitative estimate of drug-likeness (QED) is 0.728. The summed E-state index contributed by atoms with van der Waals surface area (Å²) in [7, 11) is 0. The van der Waals surface area contributed by atoms with Crippen molar-refractivity contribution in [1.82, 2.24) is 10.1 Å². The normalized spacial score (nSPS) is 10.4. The van der Waals surface area contributed by atoms with E-state index in [0.717, 1.165) is 11.3 Å². The third-order valence-electron chi connectivity index (χ3n) is 2.67. The van der Waals surface area contributed by atoms with Gasteiger partial charge in [0.1, 0.15) is 5.75 Å². The maximum atomic E-state index is 5.84. The van der Waals surface area contributed by atoms with Crippen molar-refractivity contribution >= 4 is 11.6 Å². The molecular formula is C15H11ClN2O2. The van der Waals surface area contributed by atoms with Crippen molar-refractivity contribution in [1.29, 1.82) is 0 Å². The van der Waals surface area contributed by atoms with E-state index in [9.17, 15) is 0 Å². The van der Waals surface area contributed by atoms with Crippen LogP contribution >= 0.6 is 11.6 Å². The molecule has 2 aromatic carbocycles. The molecule has 0 aliphatic carbocycles. The molecular weight excluding hydrogens is 276 g/mol. The van der Waals surface area contributed by atoms with Crippen molar-refractivity contribution in [3.05, 3.63) is 65.4 Å². The van der Waals surface area contributed by atoms with Gasteiger partial charge in [0.2, 0.25) is 5.82 Å². The highest BCUT2D eigenvalue weighted by Crippen LogP contribution is 2.20. The number of hydrogen-bond acceptors (Lipinski definition) is 4. The molecule has 0 atom stereocenters. The average Bonchev–Trinajstić information content (AvgIpc) is 2.96. The van der Waals surface area contributed by atoms with E-state index in [4.69, 9.17) is 20.9 Å². The molecule has 1 heterocycles. The fraction of sp³-hybridized carbons (Fsp3) is 0.0667. The van der Waals surface area contributed by atoms with E-state index in [1.807, 2.05) is 42.5 Å². The molecule has 0 amide bonds. The predicted octanol–water partition coefficient (Wildman–Crippen LogP) is 3.97. The molecule has 0 aliphatic heterocycles. The van der Waals surface area contributed by atoms with Crippen LogP contribution in [0.25, 0.3) is 11.5 Å². The molecule has 3 aromatic rings. The lowest BCUT2D eigenvalue weighted by Crippen LogP contribution is -1.97. The molecule has 100 valence electrons. The predicted molar refractivity (Wildman–Crippen MR) is 75.5 cm³/mol. The van der Waals surface area contributed by atoms with Crippen LogP contribution < -0.4 is 4.74 Å². The van der Waals surface area contributed by atoms with Crippen molar-refractivity contribution in [2.45, 2.75) is 6.61 Å². The first-order valence-corrected chi connectivity index (χ1v) is 6.45. The maximum Gasteiger partial charge on any atom is 0.258 e. The van der Waals surface area contributed by atoms with Crippen LogP contribution in [0.2, 0.25) is 5.02 Å². The van der Waals surface area contributed by atoms with E-state index in [1.165, 1.54) is 0 Å². The summed E-state index contributed by atoms with van der Waals surface area (Å²) < 4.78 is 10.7. The second-order valence-electron chi connectivity index (χ2n) is 4.12.